The van der Waals surface area contributed by atoms with E-state index in [1.807, 2.05) is 6.92 Å². The summed E-state index contributed by atoms with van der Waals surface area (Å²) in [7, 11) is 0. The summed E-state index contributed by atoms with van der Waals surface area (Å²) in [4.78, 5) is 14.6. The Bertz CT molecular complexity index is 532. The summed E-state index contributed by atoms with van der Waals surface area (Å²) in [5.74, 6) is -0.851. The Morgan fingerprint density at radius 3 is 3.00 bits per heavy atom. The standard InChI is InChI=1S/C9H8ClN3O3/c1-2-13-4-11-8(10)7(13)6-3-5(9(14)15)12-16-6/h3-4H,2H2,1H3,(H,14,15). The van der Waals surface area contributed by atoms with E-state index in [2.05, 4.69) is 10.1 Å². The van der Waals surface area contributed by atoms with Crippen molar-refractivity contribution in [3.8, 4) is 11.5 Å². The molecular weight excluding hydrogens is 234 g/mol. The van der Waals surface area contributed by atoms with Crippen molar-refractivity contribution in [2.24, 2.45) is 0 Å². The number of aryl methyl sites for hydroxylation is 1. The molecule has 2 heterocycles. The fraction of sp³-hybridized carbons (Fsp3) is 0.222. The van der Waals surface area contributed by atoms with Crippen LogP contribution in [0, 0.1) is 0 Å². The summed E-state index contributed by atoms with van der Waals surface area (Å²) in [6.45, 7) is 2.56. The lowest BCUT2D eigenvalue weighted by Crippen LogP contribution is -1.95. The lowest BCUT2D eigenvalue weighted by molar-refractivity contribution is 0.0686. The van der Waals surface area contributed by atoms with Gasteiger partial charge in [0.1, 0.15) is 5.69 Å². The number of carboxylic acid groups (broad SMARTS) is 1. The zero-order valence-electron chi connectivity index (χ0n) is 8.35. The van der Waals surface area contributed by atoms with Crippen molar-refractivity contribution in [3.05, 3.63) is 23.2 Å². The molecule has 6 nitrogen and oxygen atoms in total. The maximum Gasteiger partial charge on any atom is 0.358 e. The van der Waals surface area contributed by atoms with E-state index in [9.17, 15) is 4.79 Å². The highest BCUT2D eigenvalue weighted by molar-refractivity contribution is 6.31. The molecule has 1 N–H and O–H groups in total. The maximum atomic E-state index is 10.6. The number of rotatable bonds is 3. The molecular formula is C9H8ClN3O3. The number of carbonyl (C=O) groups is 1. The predicted octanol–water partition coefficient (Wildman–Crippen LogP) is 1.91. The van der Waals surface area contributed by atoms with E-state index in [4.69, 9.17) is 21.2 Å². The molecule has 0 aromatic carbocycles. The molecule has 2 aromatic heterocycles. The molecule has 0 fully saturated rings. The summed E-state index contributed by atoms with van der Waals surface area (Å²) in [5, 5.41) is 12.4. The van der Waals surface area contributed by atoms with E-state index in [0.717, 1.165) is 0 Å². The first-order chi connectivity index (χ1) is 7.63. The highest BCUT2D eigenvalue weighted by Crippen LogP contribution is 2.27. The minimum Gasteiger partial charge on any atom is -0.476 e. The first kappa shape index (κ1) is 10.7. The number of aromatic nitrogens is 3. The number of imidazole rings is 1. The molecule has 7 heteroatoms. The molecule has 0 aliphatic rings. The summed E-state index contributed by atoms with van der Waals surface area (Å²) in [5.41, 5.74) is 0.374. The van der Waals surface area contributed by atoms with Crippen LogP contribution in [-0.2, 0) is 6.54 Å². The second-order valence-corrected chi connectivity index (χ2v) is 3.41. The quantitative estimate of drug-likeness (QED) is 0.888. The van der Waals surface area contributed by atoms with Gasteiger partial charge in [-0.05, 0) is 6.92 Å². The summed E-state index contributed by atoms with van der Waals surface area (Å²) < 4.78 is 6.66. The van der Waals surface area contributed by atoms with E-state index < -0.39 is 5.97 Å². The van der Waals surface area contributed by atoms with Crippen molar-refractivity contribution in [1.29, 1.82) is 0 Å². The van der Waals surface area contributed by atoms with Crippen LogP contribution in [0.4, 0.5) is 0 Å². The molecule has 2 rings (SSSR count). The van der Waals surface area contributed by atoms with E-state index in [0.29, 0.717) is 18.0 Å². The zero-order chi connectivity index (χ0) is 11.7. The molecule has 84 valence electrons. The van der Waals surface area contributed by atoms with Crippen molar-refractivity contribution >= 4 is 17.6 Å². The highest BCUT2D eigenvalue weighted by atomic mass is 35.5. The Morgan fingerprint density at radius 1 is 1.69 bits per heavy atom. The van der Waals surface area contributed by atoms with Crippen LogP contribution in [0.25, 0.3) is 11.5 Å². The highest BCUT2D eigenvalue weighted by Gasteiger charge is 2.18. The molecule has 0 atom stereocenters. The number of hydrogen-bond donors (Lipinski definition) is 1. The van der Waals surface area contributed by atoms with Gasteiger partial charge in [0, 0.05) is 12.6 Å². The van der Waals surface area contributed by atoms with Crippen LogP contribution >= 0.6 is 11.6 Å². The first-order valence-electron chi connectivity index (χ1n) is 4.54. The molecule has 0 saturated heterocycles. The lowest BCUT2D eigenvalue weighted by atomic mass is 10.3. The van der Waals surface area contributed by atoms with Crippen molar-refractivity contribution in [2.45, 2.75) is 13.5 Å². The van der Waals surface area contributed by atoms with Crippen LogP contribution in [0.1, 0.15) is 17.4 Å². The topological polar surface area (TPSA) is 81.2 Å². The summed E-state index contributed by atoms with van der Waals surface area (Å²) >= 11 is 5.88. The minimum absolute atomic E-state index is 0.157. The monoisotopic (exact) mass is 241 g/mol. The van der Waals surface area contributed by atoms with Crippen molar-refractivity contribution < 1.29 is 14.4 Å². The van der Waals surface area contributed by atoms with Gasteiger partial charge in [0.05, 0.1) is 6.33 Å². The Morgan fingerprint density at radius 2 is 2.44 bits per heavy atom. The van der Waals surface area contributed by atoms with Gasteiger partial charge in [-0.1, -0.05) is 16.8 Å². The van der Waals surface area contributed by atoms with E-state index in [-0.39, 0.29) is 10.8 Å². The third kappa shape index (κ3) is 1.67. The van der Waals surface area contributed by atoms with Crippen LogP contribution in [-0.4, -0.2) is 25.8 Å². The van der Waals surface area contributed by atoms with E-state index >= 15 is 0 Å². The Hall–Kier alpha value is -1.82. The molecule has 0 amide bonds. The van der Waals surface area contributed by atoms with Crippen molar-refractivity contribution in [3.63, 3.8) is 0 Å². The fourth-order valence-electron chi connectivity index (χ4n) is 1.33. The molecule has 0 unspecified atom stereocenters. The van der Waals surface area contributed by atoms with Gasteiger partial charge in [-0.25, -0.2) is 9.78 Å². The Kier molecular flexibility index (Phi) is 2.66. The first-order valence-corrected chi connectivity index (χ1v) is 4.92. The largest absolute Gasteiger partial charge is 0.476 e. The second kappa shape index (κ2) is 3.97. The smallest absolute Gasteiger partial charge is 0.358 e. The average molecular weight is 242 g/mol. The third-order valence-electron chi connectivity index (χ3n) is 2.10. The molecule has 0 bridgehead atoms. The Labute approximate surface area is 95.4 Å². The fourth-order valence-corrected chi connectivity index (χ4v) is 1.57. The van der Waals surface area contributed by atoms with Crippen molar-refractivity contribution in [2.75, 3.05) is 0 Å². The van der Waals surface area contributed by atoms with E-state index in [1.165, 1.54) is 6.07 Å². The van der Waals surface area contributed by atoms with Gasteiger partial charge < -0.3 is 14.2 Å². The summed E-state index contributed by atoms with van der Waals surface area (Å²) in [6, 6.07) is 1.32. The summed E-state index contributed by atoms with van der Waals surface area (Å²) in [6.07, 6.45) is 1.56. The van der Waals surface area contributed by atoms with Gasteiger partial charge in [0.15, 0.2) is 16.6 Å². The zero-order valence-corrected chi connectivity index (χ0v) is 9.10. The maximum absolute atomic E-state index is 10.6. The third-order valence-corrected chi connectivity index (χ3v) is 2.37. The van der Waals surface area contributed by atoms with Gasteiger partial charge >= 0.3 is 5.97 Å². The number of aromatic carboxylic acids is 1. The SMILES string of the molecule is CCn1cnc(Cl)c1-c1cc(C(=O)O)no1. The molecule has 0 saturated carbocycles. The van der Waals surface area contributed by atoms with Crippen molar-refractivity contribution in [1.82, 2.24) is 14.7 Å². The van der Waals surface area contributed by atoms with Gasteiger partial charge in [-0.15, -0.1) is 0 Å². The molecule has 2 aromatic rings. The normalized spacial score (nSPS) is 10.6. The lowest BCUT2D eigenvalue weighted by Gasteiger charge is -2.00. The van der Waals surface area contributed by atoms with Gasteiger partial charge in [0.25, 0.3) is 0 Å². The van der Waals surface area contributed by atoms with Crippen LogP contribution in [0.15, 0.2) is 16.9 Å². The Balaban J connectivity index is 2.49. The van der Waals surface area contributed by atoms with Gasteiger partial charge in [0.2, 0.25) is 0 Å². The molecule has 16 heavy (non-hydrogen) atoms. The molecule has 0 aliphatic carbocycles. The predicted molar refractivity (Wildman–Crippen MR) is 55.4 cm³/mol. The molecule has 0 aliphatic heterocycles. The number of carboxylic acids is 1. The molecule has 0 spiro atoms. The number of hydrogen-bond acceptors (Lipinski definition) is 4. The molecule has 0 radical (unpaired) electrons. The van der Waals surface area contributed by atoms with Gasteiger partial charge in [-0.3, -0.25) is 0 Å². The van der Waals surface area contributed by atoms with Crippen LogP contribution < -0.4 is 0 Å². The number of halogens is 1. The minimum atomic E-state index is -1.14. The van der Waals surface area contributed by atoms with Gasteiger partial charge in [-0.2, -0.15) is 0 Å². The average Bonchev–Trinajstić information content (AvgIpc) is 2.83. The van der Waals surface area contributed by atoms with Crippen LogP contribution in [0.2, 0.25) is 5.15 Å². The number of nitrogens with zero attached hydrogens (tertiary/aromatic N) is 3. The van der Waals surface area contributed by atoms with Crippen LogP contribution in [0.3, 0.4) is 0 Å². The second-order valence-electron chi connectivity index (χ2n) is 3.05. The van der Waals surface area contributed by atoms with Crippen LogP contribution in [0.5, 0.6) is 0 Å². The van der Waals surface area contributed by atoms with E-state index in [1.54, 1.807) is 10.9 Å².